The molecule has 1 aliphatic rings. The van der Waals surface area contributed by atoms with Crippen LogP contribution in [0.5, 0.6) is 0 Å². The third kappa shape index (κ3) is 3.73. The highest BCUT2D eigenvalue weighted by Crippen LogP contribution is 2.33. The molecule has 1 aromatic heterocycles. The van der Waals surface area contributed by atoms with Crippen LogP contribution in [-0.4, -0.2) is 39.6 Å². The molecule has 1 unspecified atom stereocenters. The van der Waals surface area contributed by atoms with E-state index in [0.29, 0.717) is 0 Å². The maximum atomic E-state index is 12.7. The summed E-state index contributed by atoms with van der Waals surface area (Å²) in [6.45, 7) is -0.538. The van der Waals surface area contributed by atoms with Crippen molar-refractivity contribution in [3.05, 3.63) is 33.1 Å². The number of hydrogen-bond acceptors (Lipinski definition) is 3. The summed E-state index contributed by atoms with van der Waals surface area (Å²) in [5.74, 6) is -2.10. The Labute approximate surface area is 117 Å². The quantitative estimate of drug-likeness (QED) is 0.856. The van der Waals surface area contributed by atoms with E-state index in [-0.39, 0.29) is 32.5 Å². The van der Waals surface area contributed by atoms with E-state index in [4.69, 9.17) is 0 Å². The highest BCUT2D eigenvalue weighted by Gasteiger charge is 2.42. The van der Waals surface area contributed by atoms with Gasteiger partial charge in [0.2, 0.25) is 5.91 Å². The summed E-state index contributed by atoms with van der Waals surface area (Å²) in [5, 5.41) is 0. The Kier molecular flexibility index (Phi) is 4.19. The molecule has 0 radical (unpaired) electrons. The molecule has 1 aliphatic heterocycles. The lowest BCUT2D eigenvalue weighted by Crippen LogP contribution is -2.46. The van der Waals surface area contributed by atoms with Crippen LogP contribution in [0.2, 0.25) is 0 Å². The molecule has 1 aromatic rings. The number of aromatic nitrogens is 2. The molecule has 0 aromatic carbocycles. The summed E-state index contributed by atoms with van der Waals surface area (Å²) in [6.07, 6.45) is -2.90. The minimum atomic E-state index is -4.33. The van der Waals surface area contributed by atoms with E-state index in [1.807, 2.05) is 4.98 Å². The molecule has 1 saturated heterocycles. The Morgan fingerprint density at radius 1 is 1.38 bits per heavy atom. The Balaban J connectivity index is 2.06. The van der Waals surface area contributed by atoms with Gasteiger partial charge in [0, 0.05) is 25.4 Å². The summed E-state index contributed by atoms with van der Waals surface area (Å²) in [4.78, 5) is 37.4. The second kappa shape index (κ2) is 5.74. The van der Waals surface area contributed by atoms with Gasteiger partial charge < -0.3 is 4.90 Å². The van der Waals surface area contributed by atoms with Gasteiger partial charge in [-0.3, -0.25) is 19.1 Å². The first kappa shape index (κ1) is 15.3. The van der Waals surface area contributed by atoms with E-state index in [1.54, 1.807) is 0 Å². The fraction of sp³-hybridized carbons (Fsp3) is 0.583. The van der Waals surface area contributed by atoms with Crippen LogP contribution in [-0.2, 0) is 11.3 Å². The second-order valence-corrected chi connectivity index (χ2v) is 4.96. The number of hydrogen-bond donors (Lipinski definition) is 1. The van der Waals surface area contributed by atoms with E-state index in [2.05, 4.69) is 0 Å². The topological polar surface area (TPSA) is 75.2 Å². The lowest BCUT2D eigenvalue weighted by molar-refractivity contribution is -0.188. The molecule has 1 N–H and O–H groups in total. The first-order valence-corrected chi connectivity index (χ1v) is 6.41. The van der Waals surface area contributed by atoms with Crippen molar-refractivity contribution in [1.29, 1.82) is 0 Å². The number of rotatable bonds is 2. The van der Waals surface area contributed by atoms with Crippen molar-refractivity contribution < 1.29 is 18.0 Å². The molecule has 9 heteroatoms. The summed E-state index contributed by atoms with van der Waals surface area (Å²) >= 11 is 0. The lowest BCUT2D eigenvalue weighted by atomic mass is 9.97. The van der Waals surface area contributed by atoms with Gasteiger partial charge in [-0.25, -0.2) is 4.79 Å². The predicted octanol–water partition coefficient (Wildman–Crippen LogP) is 0.337. The third-order valence-corrected chi connectivity index (χ3v) is 3.44. The van der Waals surface area contributed by atoms with Gasteiger partial charge in [-0.2, -0.15) is 13.2 Å². The molecule has 2 heterocycles. The number of aromatic amines is 1. The van der Waals surface area contributed by atoms with E-state index < -0.39 is 29.3 Å². The monoisotopic (exact) mass is 305 g/mol. The van der Waals surface area contributed by atoms with Gasteiger partial charge in [0.05, 0.1) is 5.92 Å². The predicted molar refractivity (Wildman–Crippen MR) is 66.7 cm³/mol. The van der Waals surface area contributed by atoms with Crippen molar-refractivity contribution in [2.24, 2.45) is 5.92 Å². The minimum absolute atomic E-state index is 0.00584. The maximum Gasteiger partial charge on any atom is 0.393 e. The first-order chi connectivity index (χ1) is 9.77. The number of halogens is 3. The van der Waals surface area contributed by atoms with Crippen molar-refractivity contribution in [3.63, 3.8) is 0 Å². The van der Waals surface area contributed by atoms with Gasteiger partial charge in [0.1, 0.15) is 6.54 Å². The Hall–Kier alpha value is -2.06. The average molecular weight is 305 g/mol. The molecule has 116 valence electrons. The van der Waals surface area contributed by atoms with E-state index in [0.717, 1.165) is 21.7 Å². The molecule has 6 nitrogen and oxygen atoms in total. The highest BCUT2D eigenvalue weighted by molar-refractivity contribution is 5.76. The van der Waals surface area contributed by atoms with Gasteiger partial charge in [0.15, 0.2) is 0 Å². The summed E-state index contributed by atoms with van der Waals surface area (Å²) in [5.41, 5.74) is -1.36. The molecule has 0 spiro atoms. The molecular formula is C12H14F3N3O3. The Bertz CT molecular complexity index is 635. The largest absolute Gasteiger partial charge is 0.393 e. The molecule has 1 fully saturated rings. The van der Waals surface area contributed by atoms with E-state index >= 15 is 0 Å². The number of likely N-dealkylation sites (tertiary alicyclic amines) is 1. The first-order valence-electron chi connectivity index (χ1n) is 6.41. The van der Waals surface area contributed by atoms with Crippen LogP contribution in [0, 0.1) is 5.92 Å². The number of H-pyrrole nitrogens is 1. The van der Waals surface area contributed by atoms with Crippen molar-refractivity contribution in [2.75, 3.05) is 13.1 Å². The lowest BCUT2D eigenvalue weighted by Gasteiger charge is -2.33. The number of nitrogens with zero attached hydrogens (tertiary/aromatic N) is 2. The van der Waals surface area contributed by atoms with Crippen LogP contribution in [0.3, 0.4) is 0 Å². The van der Waals surface area contributed by atoms with Crippen LogP contribution < -0.4 is 11.2 Å². The third-order valence-electron chi connectivity index (χ3n) is 3.44. The molecular weight excluding hydrogens is 291 g/mol. The molecule has 0 bridgehead atoms. The SMILES string of the molecule is O=C(Cn1ccc(=O)[nH]c1=O)N1CCCC(C(F)(F)F)C1. The van der Waals surface area contributed by atoms with Gasteiger partial charge >= 0.3 is 11.9 Å². The molecule has 2 rings (SSSR count). The standard InChI is InChI=1S/C12H14F3N3O3/c13-12(14,15)8-2-1-4-17(6-8)10(20)7-18-5-3-9(19)16-11(18)21/h3,5,8H,1-2,4,6-7H2,(H,16,19,21). The zero-order valence-corrected chi connectivity index (χ0v) is 11.0. The minimum Gasteiger partial charge on any atom is -0.341 e. The van der Waals surface area contributed by atoms with Crippen molar-refractivity contribution >= 4 is 5.91 Å². The number of carbonyl (C=O) groups excluding carboxylic acids is 1. The number of nitrogens with one attached hydrogen (secondary N) is 1. The van der Waals surface area contributed by atoms with Crippen molar-refractivity contribution in [3.8, 4) is 0 Å². The van der Waals surface area contributed by atoms with Crippen LogP contribution in [0.1, 0.15) is 12.8 Å². The van der Waals surface area contributed by atoms with Crippen LogP contribution in [0.25, 0.3) is 0 Å². The molecule has 21 heavy (non-hydrogen) atoms. The van der Waals surface area contributed by atoms with Gasteiger partial charge in [-0.1, -0.05) is 0 Å². The molecule has 0 aliphatic carbocycles. The smallest absolute Gasteiger partial charge is 0.341 e. The summed E-state index contributed by atoms with van der Waals surface area (Å²) in [6, 6.07) is 1.07. The molecule has 0 saturated carbocycles. The second-order valence-electron chi connectivity index (χ2n) is 4.96. The van der Waals surface area contributed by atoms with E-state index in [9.17, 15) is 27.6 Å². The zero-order valence-electron chi connectivity index (χ0n) is 11.0. The highest BCUT2D eigenvalue weighted by atomic mass is 19.4. The number of piperidine rings is 1. The number of alkyl halides is 3. The number of amides is 1. The van der Waals surface area contributed by atoms with Crippen molar-refractivity contribution in [1.82, 2.24) is 14.5 Å². The van der Waals surface area contributed by atoms with Crippen LogP contribution >= 0.6 is 0 Å². The fourth-order valence-corrected chi connectivity index (χ4v) is 2.29. The van der Waals surface area contributed by atoms with Crippen LogP contribution in [0.15, 0.2) is 21.9 Å². The van der Waals surface area contributed by atoms with Gasteiger partial charge in [-0.05, 0) is 12.8 Å². The van der Waals surface area contributed by atoms with Crippen molar-refractivity contribution in [2.45, 2.75) is 25.6 Å². The fourth-order valence-electron chi connectivity index (χ4n) is 2.29. The van der Waals surface area contributed by atoms with Crippen LogP contribution in [0.4, 0.5) is 13.2 Å². The van der Waals surface area contributed by atoms with Gasteiger partial charge in [-0.15, -0.1) is 0 Å². The average Bonchev–Trinajstić information content (AvgIpc) is 2.41. The zero-order chi connectivity index (χ0) is 15.6. The molecule has 1 atom stereocenters. The maximum absolute atomic E-state index is 12.7. The van der Waals surface area contributed by atoms with E-state index in [1.165, 1.54) is 0 Å². The summed E-state index contributed by atoms with van der Waals surface area (Å²) < 4.78 is 39.0. The summed E-state index contributed by atoms with van der Waals surface area (Å²) in [7, 11) is 0. The molecule has 1 amide bonds. The Morgan fingerprint density at radius 3 is 2.71 bits per heavy atom. The number of carbonyl (C=O) groups is 1. The van der Waals surface area contributed by atoms with Gasteiger partial charge in [0.25, 0.3) is 5.56 Å². The Morgan fingerprint density at radius 2 is 2.10 bits per heavy atom. The normalized spacial score (nSPS) is 19.6.